The first-order valence-corrected chi connectivity index (χ1v) is 7.85. The molecule has 0 saturated heterocycles. The van der Waals surface area contributed by atoms with Crippen LogP contribution in [0, 0.1) is 5.82 Å². The van der Waals surface area contributed by atoms with E-state index in [0.29, 0.717) is 24.6 Å². The summed E-state index contributed by atoms with van der Waals surface area (Å²) in [5.41, 5.74) is 1.63. The fourth-order valence-corrected chi connectivity index (χ4v) is 3.05. The van der Waals surface area contributed by atoms with Gasteiger partial charge in [0.25, 0.3) is 0 Å². The summed E-state index contributed by atoms with van der Waals surface area (Å²) in [4.78, 5) is 5.76. The third kappa shape index (κ3) is 4.59. The average molecular weight is 308 g/mol. The number of nitrogens with zero attached hydrogens (tertiary/aromatic N) is 1. The van der Waals surface area contributed by atoms with Crippen molar-refractivity contribution in [3.8, 4) is 0 Å². The Balaban J connectivity index is 2.16. The van der Waals surface area contributed by atoms with Crippen LogP contribution >= 0.6 is 11.3 Å². The monoisotopic (exact) mass is 308 g/mol. The van der Waals surface area contributed by atoms with Crippen molar-refractivity contribution in [2.24, 2.45) is 0 Å². The summed E-state index contributed by atoms with van der Waals surface area (Å²) in [6.45, 7) is 5.47. The van der Waals surface area contributed by atoms with Crippen molar-refractivity contribution in [3.63, 3.8) is 0 Å². The van der Waals surface area contributed by atoms with Crippen LogP contribution in [0.4, 0.5) is 4.39 Å². The Labute approximate surface area is 129 Å². The molecule has 21 heavy (non-hydrogen) atoms. The van der Waals surface area contributed by atoms with Gasteiger partial charge in [0.2, 0.25) is 0 Å². The number of methoxy groups -OCH3 is 1. The van der Waals surface area contributed by atoms with Gasteiger partial charge >= 0.3 is 0 Å². The summed E-state index contributed by atoms with van der Waals surface area (Å²) in [5, 5.41) is 4.31. The van der Waals surface area contributed by atoms with Crippen LogP contribution in [-0.4, -0.2) is 18.1 Å². The highest BCUT2D eigenvalue weighted by atomic mass is 32.1. The number of hydrogen-bond acceptors (Lipinski definition) is 4. The number of ether oxygens (including phenoxy) is 1. The molecule has 0 aliphatic carbocycles. The zero-order valence-electron chi connectivity index (χ0n) is 12.6. The van der Waals surface area contributed by atoms with Crippen LogP contribution in [-0.2, 0) is 24.3 Å². The molecule has 1 aromatic carbocycles. The van der Waals surface area contributed by atoms with Crippen LogP contribution in [0.3, 0.4) is 0 Å². The maximum Gasteiger partial charge on any atom is 0.126 e. The number of hydrogen-bond donors (Lipinski definition) is 1. The van der Waals surface area contributed by atoms with Crippen LogP contribution in [0.15, 0.2) is 24.3 Å². The number of aromatic nitrogens is 1. The maximum atomic E-state index is 13.7. The van der Waals surface area contributed by atoms with Crippen molar-refractivity contribution in [2.75, 3.05) is 7.11 Å². The molecule has 0 aliphatic heterocycles. The van der Waals surface area contributed by atoms with Crippen molar-refractivity contribution in [2.45, 2.75) is 39.5 Å². The highest BCUT2D eigenvalue weighted by Crippen LogP contribution is 2.23. The van der Waals surface area contributed by atoms with Gasteiger partial charge in [-0.05, 0) is 11.6 Å². The molecule has 0 fully saturated rings. The van der Waals surface area contributed by atoms with E-state index in [9.17, 15) is 4.39 Å². The zero-order valence-corrected chi connectivity index (χ0v) is 13.5. The smallest absolute Gasteiger partial charge is 0.126 e. The molecule has 0 atom stereocenters. The fourth-order valence-electron chi connectivity index (χ4n) is 2.00. The van der Waals surface area contributed by atoms with Crippen LogP contribution in [0.25, 0.3) is 0 Å². The second kappa shape index (κ2) is 7.64. The average Bonchev–Trinajstić information content (AvgIpc) is 2.81. The summed E-state index contributed by atoms with van der Waals surface area (Å²) in [5.74, 6) is -0.178. The molecule has 2 rings (SSSR count). The predicted octanol–water partition coefficient (Wildman–Crippen LogP) is 3.52. The van der Waals surface area contributed by atoms with Gasteiger partial charge in [-0.1, -0.05) is 32.0 Å². The molecule has 3 nitrogen and oxygen atoms in total. The minimum absolute atomic E-state index is 0.178. The van der Waals surface area contributed by atoms with E-state index in [0.717, 1.165) is 22.1 Å². The number of rotatable bonds is 7. The molecule has 114 valence electrons. The van der Waals surface area contributed by atoms with Crippen molar-refractivity contribution in [3.05, 3.63) is 51.2 Å². The highest BCUT2D eigenvalue weighted by Gasteiger charge is 2.13. The van der Waals surface area contributed by atoms with Crippen LogP contribution in [0.2, 0.25) is 0 Å². The molecule has 0 amide bonds. The standard InChI is InChI=1S/C16H21FN2OS/c1-11(2)18-9-15-14(10-20-3)19-16(21-15)8-12-6-4-5-7-13(12)17/h4-7,11,18H,8-10H2,1-3H3. The SMILES string of the molecule is COCc1nc(Cc2ccccc2F)sc1CNC(C)C. The van der Waals surface area contributed by atoms with E-state index >= 15 is 0 Å². The van der Waals surface area contributed by atoms with Gasteiger partial charge in [0.15, 0.2) is 0 Å². The number of thiazole rings is 1. The summed E-state index contributed by atoms with van der Waals surface area (Å²) in [7, 11) is 1.66. The van der Waals surface area contributed by atoms with Gasteiger partial charge in [-0.3, -0.25) is 0 Å². The number of nitrogens with one attached hydrogen (secondary N) is 1. The van der Waals surface area contributed by atoms with Crippen molar-refractivity contribution in [1.82, 2.24) is 10.3 Å². The first kappa shape index (κ1) is 16.1. The van der Waals surface area contributed by atoms with E-state index in [1.165, 1.54) is 6.07 Å². The van der Waals surface area contributed by atoms with Crippen LogP contribution < -0.4 is 5.32 Å². The molecule has 1 aromatic heterocycles. The van der Waals surface area contributed by atoms with E-state index in [4.69, 9.17) is 4.74 Å². The first-order valence-electron chi connectivity index (χ1n) is 7.03. The highest BCUT2D eigenvalue weighted by molar-refractivity contribution is 7.11. The Kier molecular flexibility index (Phi) is 5.85. The lowest BCUT2D eigenvalue weighted by atomic mass is 10.1. The van der Waals surface area contributed by atoms with Crippen molar-refractivity contribution < 1.29 is 9.13 Å². The first-order chi connectivity index (χ1) is 10.1. The zero-order chi connectivity index (χ0) is 15.2. The van der Waals surface area contributed by atoms with Crippen LogP contribution in [0.5, 0.6) is 0 Å². The topological polar surface area (TPSA) is 34.1 Å². The second-order valence-electron chi connectivity index (χ2n) is 5.21. The van der Waals surface area contributed by atoms with Crippen molar-refractivity contribution in [1.29, 1.82) is 0 Å². The third-order valence-corrected chi connectivity index (χ3v) is 4.17. The summed E-state index contributed by atoms with van der Waals surface area (Å²) in [6, 6.07) is 7.26. The van der Waals surface area contributed by atoms with Gasteiger partial charge < -0.3 is 10.1 Å². The molecule has 0 spiro atoms. The van der Waals surface area contributed by atoms with Crippen LogP contribution in [0.1, 0.15) is 35.0 Å². The summed E-state index contributed by atoms with van der Waals surface area (Å²) in [6.07, 6.45) is 0.524. The Morgan fingerprint density at radius 2 is 2.10 bits per heavy atom. The van der Waals surface area contributed by atoms with E-state index in [1.54, 1.807) is 30.6 Å². The van der Waals surface area contributed by atoms with Gasteiger partial charge in [-0.25, -0.2) is 9.37 Å². The van der Waals surface area contributed by atoms with E-state index in [1.807, 2.05) is 6.07 Å². The van der Waals surface area contributed by atoms with Gasteiger partial charge in [0.05, 0.1) is 17.3 Å². The molecule has 2 aromatic rings. The molecule has 0 unspecified atom stereocenters. The normalized spacial score (nSPS) is 11.3. The largest absolute Gasteiger partial charge is 0.378 e. The Morgan fingerprint density at radius 1 is 1.33 bits per heavy atom. The lowest BCUT2D eigenvalue weighted by molar-refractivity contribution is 0.181. The molecule has 1 heterocycles. The fraction of sp³-hybridized carbons (Fsp3) is 0.438. The van der Waals surface area contributed by atoms with E-state index in [-0.39, 0.29) is 5.82 Å². The molecular formula is C16H21FN2OS. The van der Waals surface area contributed by atoms with Gasteiger partial charge in [-0.2, -0.15) is 0 Å². The van der Waals surface area contributed by atoms with Crippen molar-refractivity contribution >= 4 is 11.3 Å². The van der Waals surface area contributed by atoms with Gasteiger partial charge in [0, 0.05) is 31.0 Å². The summed E-state index contributed by atoms with van der Waals surface area (Å²) >= 11 is 1.62. The third-order valence-electron chi connectivity index (χ3n) is 3.07. The Bertz CT molecular complexity index is 583. The lowest BCUT2D eigenvalue weighted by Gasteiger charge is -2.07. The Morgan fingerprint density at radius 3 is 2.76 bits per heavy atom. The molecule has 1 N–H and O–H groups in total. The maximum absolute atomic E-state index is 13.7. The minimum atomic E-state index is -0.178. The quantitative estimate of drug-likeness (QED) is 0.850. The molecule has 0 saturated carbocycles. The molecular weight excluding hydrogens is 287 g/mol. The van der Waals surface area contributed by atoms with E-state index < -0.39 is 0 Å². The molecule has 0 radical (unpaired) electrons. The molecule has 5 heteroatoms. The summed E-state index contributed by atoms with van der Waals surface area (Å²) < 4.78 is 18.9. The minimum Gasteiger partial charge on any atom is -0.378 e. The van der Waals surface area contributed by atoms with E-state index in [2.05, 4.69) is 24.1 Å². The lowest BCUT2D eigenvalue weighted by Crippen LogP contribution is -2.21. The Hall–Kier alpha value is -1.30. The number of benzene rings is 1. The predicted molar refractivity (Wildman–Crippen MR) is 84.0 cm³/mol. The van der Waals surface area contributed by atoms with Gasteiger partial charge in [0.1, 0.15) is 5.82 Å². The molecule has 0 bridgehead atoms. The second-order valence-corrected chi connectivity index (χ2v) is 6.38. The van der Waals surface area contributed by atoms with Gasteiger partial charge in [-0.15, -0.1) is 11.3 Å². The number of halogens is 1. The molecule has 0 aliphatic rings.